The molecule has 1 aliphatic heterocycles. The number of hydrogen-bond donors (Lipinski definition) is 1. The van der Waals surface area contributed by atoms with Gasteiger partial charge >= 0.3 is 0 Å². The molecule has 0 aliphatic carbocycles. The van der Waals surface area contributed by atoms with Crippen molar-refractivity contribution >= 4 is 40.7 Å². The van der Waals surface area contributed by atoms with E-state index >= 15 is 0 Å². The molecule has 1 aromatic heterocycles. The molecule has 0 radical (unpaired) electrons. The first-order chi connectivity index (χ1) is 9.48. The highest BCUT2D eigenvalue weighted by Gasteiger charge is 2.39. The van der Waals surface area contributed by atoms with Crippen LogP contribution < -0.4 is 5.32 Å². The first-order valence-corrected chi connectivity index (χ1v) is 7.77. The zero-order valence-electron chi connectivity index (χ0n) is 10.9. The Morgan fingerprint density at radius 3 is 2.40 bits per heavy atom. The van der Waals surface area contributed by atoms with Crippen LogP contribution in [0.2, 0.25) is 0 Å². The molecule has 1 fully saturated rings. The molecule has 1 aromatic rings. The van der Waals surface area contributed by atoms with Crippen molar-refractivity contribution in [3.8, 4) is 0 Å². The van der Waals surface area contributed by atoms with E-state index in [-0.39, 0.29) is 11.7 Å². The number of nitrogens with zero attached hydrogens (tertiary/aromatic N) is 1. The molecule has 2 rings (SSSR count). The summed E-state index contributed by atoms with van der Waals surface area (Å²) in [6, 6.07) is 3.22. The fourth-order valence-corrected chi connectivity index (χ4v) is 2.91. The number of carbonyl (C=O) groups is 1. The normalized spacial score (nSPS) is 19.4. The van der Waals surface area contributed by atoms with Crippen LogP contribution in [0.25, 0.3) is 0 Å². The van der Waals surface area contributed by atoms with Crippen LogP contribution in [0.3, 0.4) is 0 Å². The van der Waals surface area contributed by atoms with Crippen LogP contribution in [0.5, 0.6) is 0 Å². The summed E-state index contributed by atoms with van der Waals surface area (Å²) in [4.78, 5) is 14.1. The van der Waals surface area contributed by atoms with Crippen LogP contribution in [0.1, 0.15) is 36.2 Å². The van der Waals surface area contributed by atoms with Crippen molar-refractivity contribution in [2.24, 2.45) is 0 Å². The largest absolute Gasteiger partial charge is 0.459 e. The molecule has 1 amide bonds. The highest BCUT2D eigenvalue weighted by molar-refractivity contribution is 6.68. The molecular formula is C13H17Cl3N2O2. The maximum Gasteiger partial charge on any atom is 0.288 e. The van der Waals surface area contributed by atoms with E-state index in [1.54, 1.807) is 12.1 Å². The van der Waals surface area contributed by atoms with Crippen molar-refractivity contribution in [1.82, 2.24) is 10.2 Å². The summed E-state index contributed by atoms with van der Waals surface area (Å²) < 4.78 is 3.47. The molecule has 20 heavy (non-hydrogen) atoms. The van der Waals surface area contributed by atoms with Crippen LogP contribution in [-0.2, 0) is 0 Å². The van der Waals surface area contributed by atoms with Gasteiger partial charge in [0.1, 0.15) is 6.17 Å². The Labute approximate surface area is 133 Å². The maximum absolute atomic E-state index is 12.1. The molecule has 1 N–H and O–H groups in total. The topological polar surface area (TPSA) is 45.5 Å². The predicted octanol–water partition coefficient (Wildman–Crippen LogP) is 3.58. The fourth-order valence-electron chi connectivity index (χ4n) is 2.34. The molecule has 7 heteroatoms. The third-order valence-electron chi connectivity index (χ3n) is 3.33. The SMILES string of the molecule is O=C(N[C@@H](N1CCCCCC1)C(Cl)(Cl)Cl)c1ccco1. The molecule has 0 bridgehead atoms. The highest BCUT2D eigenvalue weighted by Crippen LogP contribution is 2.33. The van der Waals surface area contributed by atoms with Crippen LogP contribution in [0, 0.1) is 0 Å². The third kappa shape index (κ3) is 4.29. The Morgan fingerprint density at radius 1 is 1.25 bits per heavy atom. The summed E-state index contributed by atoms with van der Waals surface area (Å²) in [6.07, 6.45) is 5.17. The molecule has 4 nitrogen and oxygen atoms in total. The van der Waals surface area contributed by atoms with E-state index in [0.717, 1.165) is 38.8 Å². The Bertz CT molecular complexity index is 423. The predicted molar refractivity (Wildman–Crippen MR) is 80.3 cm³/mol. The first kappa shape index (κ1) is 16.0. The molecule has 0 unspecified atom stereocenters. The van der Waals surface area contributed by atoms with E-state index in [0.29, 0.717) is 0 Å². The lowest BCUT2D eigenvalue weighted by Crippen LogP contribution is -2.55. The molecule has 1 saturated heterocycles. The summed E-state index contributed by atoms with van der Waals surface area (Å²) in [5.41, 5.74) is 0. The van der Waals surface area contributed by atoms with Gasteiger partial charge in [-0.05, 0) is 25.0 Å². The second-order valence-corrected chi connectivity index (χ2v) is 7.21. The lowest BCUT2D eigenvalue weighted by Gasteiger charge is -2.35. The number of amides is 1. The van der Waals surface area contributed by atoms with Gasteiger partial charge in [-0.25, -0.2) is 0 Å². The summed E-state index contributed by atoms with van der Waals surface area (Å²) in [7, 11) is 0. The molecule has 112 valence electrons. The smallest absolute Gasteiger partial charge is 0.288 e. The average Bonchev–Trinajstić information content (AvgIpc) is 2.78. The van der Waals surface area contributed by atoms with Crippen LogP contribution in [-0.4, -0.2) is 33.9 Å². The first-order valence-electron chi connectivity index (χ1n) is 6.63. The quantitative estimate of drug-likeness (QED) is 0.856. The van der Waals surface area contributed by atoms with Gasteiger partial charge in [0.15, 0.2) is 5.76 Å². The van der Waals surface area contributed by atoms with E-state index in [1.807, 2.05) is 4.90 Å². The van der Waals surface area contributed by atoms with Gasteiger partial charge in [-0.3, -0.25) is 9.69 Å². The van der Waals surface area contributed by atoms with Gasteiger partial charge in [-0.15, -0.1) is 0 Å². The average molecular weight is 340 g/mol. The summed E-state index contributed by atoms with van der Waals surface area (Å²) in [6.45, 7) is 1.61. The maximum atomic E-state index is 12.1. The number of likely N-dealkylation sites (tertiary alicyclic amines) is 1. The van der Waals surface area contributed by atoms with Crippen molar-refractivity contribution in [2.45, 2.75) is 35.6 Å². The van der Waals surface area contributed by atoms with Crippen molar-refractivity contribution in [3.05, 3.63) is 24.2 Å². The van der Waals surface area contributed by atoms with Crippen LogP contribution in [0.4, 0.5) is 0 Å². The summed E-state index contributed by atoms with van der Waals surface area (Å²) in [5.74, 6) is -0.172. The van der Waals surface area contributed by atoms with Crippen molar-refractivity contribution in [1.29, 1.82) is 0 Å². The Kier molecular flexibility index (Phi) is 5.61. The van der Waals surface area contributed by atoms with Gasteiger partial charge in [-0.1, -0.05) is 47.6 Å². The van der Waals surface area contributed by atoms with E-state index in [4.69, 9.17) is 39.2 Å². The summed E-state index contributed by atoms with van der Waals surface area (Å²) >= 11 is 18.1. The van der Waals surface area contributed by atoms with Gasteiger partial charge in [-0.2, -0.15) is 0 Å². The number of carbonyl (C=O) groups excluding carboxylic acids is 1. The third-order valence-corrected chi connectivity index (χ3v) is 3.95. The Balaban J connectivity index is 2.09. The van der Waals surface area contributed by atoms with Crippen molar-refractivity contribution in [3.63, 3.8) is 0 Å². The minimum absolute atomic E-state index is 0.207. The number of nitrogens with one attached hydrogen (secondary N) is 1. The molecule has 0 aromatic carbocycles. The Hall–Kier alpha value is -0.420. The van der Waals surface area contributed by atoms with Gasteiger partial charge in [0, 0.05) is 13.1 Å². The molecule has 1 aliphatic rings. The molecular weight excluding hydrogens is 323 g/mol. The lowest BCUT2D eigenvalue weighted by molar-refractivity contribution is 0.0826. The second-order valence-electron chi connectivity index (χ2n) is 4.85. The van der Waals surface area contributed by atoms with Gasteiger partial charge in [0.2, 0.25) is 3.79 Å². The van der Waals surface area contributed by atoms with Gasteiger partial charge in [0.25, 0.3) is 5.91 Å². The monoisotopic (exact) mass is 338 g/mol. The van der Waals surface area contributed by atoms with E-state index in [9.17, 15) is 4.79 Å². The number of alkyl halides is 3. The molecule has 1 atom stereocenters. The van der Waals surface area contributed by atoms with Crippen LogP contribution in [0.15, 0.2) is 22.8 Å². The Morgan fingerprint density at radius 2 is 1.90 bits per heavy atom. The number of hydrogen-bond acceptors (Lipinski definition) is 3. The van der Waals surface area contributed by atoms with E-state index in [1.165, 1.54) is 6.26 Å². The summed E-state index contributed by atoms with van der Waals surface area (Å²) in [5, 5.41) is 2.75. The molecule has 0 spiro atoms. The number of furan rings is 1. The minimum Gasteiger partial charge on any atom is -0.459 e. The standard InChI is InChI=1S/C13H17Cl3N2O2/c14-13(15,16)12(18-7-3-1-2-4-8-18)17-11(19)10-6-5-9-20-10/h5-6,9,12H,1-4,7-8H2,(H,17,19)/t12-/m0/s1. The molecule has 0 saturated carbocycles. The lowest BCUT2D eigenvalue weighted by atomic mass is 10.2. The van der Waals surface area contributed by atoms with E-state index < -0.39 is 9.96 Å². The second kappa shape index (κ2) is 7.03. The molecule has 2 heterocycles. The highest BCUT2D eigenvalue weighted by atomic mass is 35.6. The van der Waals surface area contributed by atoms with Crippen LogP contribution >= 0.6 is 34.8 Å². The zero-order chi connectivity index (χ0) is 14.6. The van der Waals surface area contributed by atoms with Crippen molar-refractivity contribution in [2.75, 3.05) is 13.1 Å². The number of halogens is 3. The van der Waals surface area contributed by atoms with Crippen molar-refractivity contribution < 1.29 is 9.21 Å². The van der Waals surface area contributed by atoms with Gasteiger partial charge in [0.05, 0.1) is 6.26 Å². The van der Waals surface area contributed by atoms with Gasteiger partial charge < -0.3 is 9.73 Å². The fraction of sp³-hybridized carbons (Fsp3) is 0.615. The number of rotatable bonds is 3. The van der Waals surface area contributed by atoms with E-state index in [2.05, 4.69) is 5.32 Å². The zero-order valence-corrected chi connectivity index (χ0v) is 13.2. The minimum atomic E-state index is -1.59.